The number of esters is 1. The number of imidazole rings is 1. The van der Waals surface area contributed by atoms with E-state index in [0.717, 1.165) is 41.9 Å². The molecule has 5 heteroatoms. The third-order valence-electron chi connectivity index (χ3n) is 5.88. The van der Waals surface area contributed by atoms with Gasteiger partial charge in [-0.2, -0.15) is 0 Å². The van der Waals surface area contributed by atoms with Gasteiger partial charge in [-0.1, -0.05) is 34.1 Å². The first-order valence-electron chi connectivity index (χ1n) is 10.2. The molecule has 0 amide bonds. The van der Waals surface area contributed by atoms with Crippen LogP contribution in [0.25, 0.3) is 11.0 Å². The van der Waals surface area contributed by atoms with Crippen molar-refractivity contribution in [1.82, 2.24) is 9.55 Å². The van der Waals surface area contributed by atoms with E-state index in [2.05, 4.69) is 32.7 Å². The summed E-state index contributed by atoms with van der Waals surface area (Å²) in [6.07, 6.45) is 4.12. The van der Waals surface area contributed by atoms with Crippen LogP contribution in [0.4, 0.5) is 0 Å². The van der Waals surface area contributed by atoms with Gasteiger partial charge >= 0.3 is 5.97 Å². The van der Waals surface area contributed by atoms with Crippen molar-refractivity contribution < 1.29 is 14.3 Å². The number of hydrogen-bond donors (Lipinski definition) is 0. The average molecular weight is 373 g/mol. The highest BCUT2D eigenvalue weighted by Crippen LogP contribution is 2.35. The van der Waals surface area contributed by atoms with Gasteiger partial charge in [-0.25, -0.2) is 4.98 Å². The van der Waals surface area contributed by atoms with Gasteiger partial charge in [0, 0.05) is 12.5 Å². The Bertz CT molecular complexity index is 796. The van der Waals surface area contributed by atoms with Gasteiger partial charge in [0.05, 0.1) is 18.1 Å². The Balaban J connectivity index is 1.80. The summed E-state index contributed by atoms with van der Waals surface area (Å²) in [6.45, 7) is 8.96. The fraction of sp³-hybridized carbons (Fsp3) is 0.636. The molecule has 0 aliphatic heterocycles. The number of carbonyl (C=O) groups is 1. The first kappa shape index (κ1) is 19.7. The lowest BCUT2D eigenvalue weighted by molar-refractivity contribution is -0.156. The highest BCUT2D eigenvalue weighted by Gasteiger charge is 2.33. The number of aromatic nitrogens is 2. The minimum atomic E-state index is -0.170. The molecule has 0 unspecified atom stereocenters. The number of nitrogens with zero attached hydrogens (tertiary/aromatic N) is 2. The number of rotatable bonds is 6. The summed E-state index contributed by atoms with van der Waals surface area (Å²) in [4.78, 5) is 17.5. The molecule has 0 spiro atoms. The summed E-state index contributed by atoms with van der Waals surface area (Å²) in [5.41, 5.74) is 1.80. The molecule has 1 aliphatic rings. The zero-order valence-electron chi connectivity index (χ0n) is 17.2. The van der Waals surface area contributed by atoms with Crippen LogP contribution in [0.2, 0.25) is 0 Å². The van der Waals surface area contributed by atoms with E-state index in [0.29, 0.717) is 17.8 Å². The molecule has 1 saturated carbocycles. The molecule has 5 nitrogen and oxygen atoms in total. The molecule has 1 aromatic heterocycles. The summed E-state index contributed by atoms with van der Waals surface area (Å²) >= 11 is 0. The summed E-state index contributed by atoms with van der Waals surface area (Å²) in [6, 6.07) is 5.77. The summed E-state index contributed by atoms with van der Waals surface area (Å²) in [7, 11) is 1.65. The largest absolute Gasteiger partial charge is 0.497 e. The van der Waals surface area contributed by atoms with Crippen LogP contribution < -0.4 is 4.74 Å². The number of fused-ring (bicyclic) bond motifs is 1. The smallest absolute Gasteiger partial charge is 0.326 e. The zero-order chi connectivity index (χ0) is 19.6. The van der Waals surface area contributed by atoms with Crippen molar-refractivity contribution in [3.8, 4) is 5.75 Å². The quantitative estimate of drug-likeness (QED) is 0.695. The second kappa shape index (κ2) is 8.32. The van der Waals surface area contributed by atoms with Gasteiger partial charge in [-0.05, 0) is 42.7 Å². The Hall–Kier alpha value is -2.04. The Morgan fingerprint density at radius 2 is 2.11 bits per heavy atom. The Labute approximate surface area is 162 Å². The van der Waals surface area contributed by atoms with Crippen molar-refractivity contribution in [3.63, 3.8) is 0 Å². The van der Waals surface area contributed by atoms with Crippen molar-refractivity contribution in [3.05, 3.63) is 24.0 Å². The molecule has 1 aromatic carbocycles. The van der Waals surface area contributed by atoms with Crippen LogP contribution in [-0.2, 0) is 22.5 Å². The lowest BCUT2D eigenvalue weighted by atomic mass is 9.75. The number of methoxy groups -OCH3 is 1. The third-order valence-corrected chi connectivity index (χ3v) is 5.88. The van der Waals surface area contributed by atoms with E-state index >= 15 is 0 Å². The van der Waals surface area contributed by atoms with Crippen LogP contribution >= 0.6 is 0 Å². The van der Waals surface area contributed by atoms with Crippen LogP contribution in [0.1, 0.15) is 52.8 Å². The minimum absolute atomic E-state index is 0.0237. The van der Waals surface area contributed by atoms with Gasteiger partial charge in [0.1, 0.15) is 24.2 Å². The second-order valence-corrected chi connectivity index (χ2v) is 8.18. The highest BCUT2D eigenvalue weighted by molar-refractivity contribution is 5.80. The molecule has 1 heterocycles. The van der Waals surface area contributed by atoms with E-state index in [1.807, 2.05) is 22.8 Å². The molecule has 1 aliphatic carbocycles. The molecule has 27 heavy (non-hydrogen) atoms. The zero-order valence-corrected chi connectivity index (χ0v) is 17.2. The lowest BCUT2D eigenvalue weighted by Crippen LogP contribution is -2.36. The standard InChI is InChI=1S/C22H32N2O3/c1-6-21-23-18-10-8-16(26-5)12-19(18)24(21)13-22(25)27-20-11-15(4)7-9-17(20)14(2)3/h8,10,12,14-15,17,20H,6-7,9,11,13H2,1-5H3/t15-,17+,20-/m1/s1. The van der Waals surface area contributed by atoms with Gasteiger partial charge in [0.2, 0.25) is 0 Å². The van der Waals surface area contributed by atoms with Gasteiger partial charge in [-0.3, -0.25) is 4.79 Å². The predicted molar refractivity (Wildman–Crippen MR) is 107 cm³/mol. The fourth-order valence-electron chi connectivity index (χ4n) is 4.31. The Morgan fingerprint density at radius 3 is 2.78 bits per heavy atom. The van der Waals surface area contributed by atoms with Crippen molar-refractivity contribution in [2.24, 2.45) is 17.8 Å². The summed E-state index contributed by atoms with van der Waals surface area (Å²) in [5, 5.41) is 0. The lowest BCUT2D eigenvalue weighted by Gasteiger charge is -2.36. The number of ether oxygens (including phenoxy) is 2. The molecule has 0 bridgehead atoms. The first-order chi connectivity index (χ1) is 12.9. The summed E-state index contributed by atoms with van der Waals surface area (Å²) in [5.74, 6) is 3.09. The highest BCUT2D eigenvalue weighted by atomic mass is 16.5. The molecular formula is C22H32N2O3. The fourth-order valence-corrected chi connectivity index (χ4v) is 4.31. The van der Waals surface area contributed by atoms with Crippen LogP contribution in [0.3, 0.4) is 0 Å². The number of aryl methyl sites for hydroxylation is 1. The summed E-state index contributed by atoms with van der Waals surface area (Å²) < 4.78 is 13.3. The van der Waals surface area contributed by atoms with Gasteiger partial charge in [0.25, 0.3) is 0 Å². The van der Waals surface area contributed by atoms with Crippen LogP contribution in [-0.4, -0.2) is 28.7 Å². The van der Waals surface area contributed by atoms with E-state index in [1.165, 1.54) is 6.42 Å². The SMILES string of the molecule is CCc1nc2ccc(OC)cc2n1CC(=O)O[C@@H]1C[C@H](C)CC[C@H]1C(C)C. The van der Waals surface area contributed by atoms with E-state index in [4.69, 9.17) is 9.47 Å². The molecule has 2 aromatic rings. The molecule has 0 saturated heterocycles. The molecule has 0 N–H and O–H groups in total. The molecular weight excluding hydrogens is 340 g/mol. The maximum Gasteiger partial charge on any atom is 0.326 e. The van der Waals surface area contributed by atoms with Crippen molar-refractivity contribution in [2.75, 3.05) is 7.11 Å². The van der Waals surface area contributed by atoms with Crippen LogP contribution in [0.15, 0.2) is 18.2 Å². The van der Waals surface area contributed by atoms with Gasteiger partial charge in [-0.15, -0.1) is 0 Å². The monoisotopic (exact) mass is 372 g/mol. The first-order valence-corrected chi connectivity index (χ1v) is 10.2. The molecule has 1 fully saturated rings. The molecule has 3 rings (SSSR count). The van der Waals surface area contributed by atoms with Gasteiger partial charge in [0.15, 0.2) is 0 Å². The normalized spacial score (nSPS) is 23.0. The predicted octanol–water partition coefficient (Wildman–Crippen LogP) is 4.61. The Morgan fingerprint density at radius 1 is 1.33 bits per heavy atom. The number of benzene rings is 1. The van der Waals surface area contributed by atoms with Crippen molar-refractivity contribution in [2.45, 2.75) is 66.0 Å². The van der Waals surface area contributed by atoms with E-state index < -0.39 is 0 Å². The van der Waals surface area contributed by atoms with E-state index in [1.54, 1.807) is 7.11 Å². The van der Waals surface area contributed by atoms with Gasteiger partial charge < -0.3 is 14.0 Å². The maximum absolute atomic E-state index is 12.8. The van der Waals surface area contributed by atoms with Crippen LogP contribution in [0, 0.1) is 17.8 Å². The van der Waals surface area contributed by atoms with E-state index in [9.17, 15) is 4.79 Å². The molecule has 148 valence electrons. The maximum atomic E-state index is 12.8. The topological polar surface area (TPSA) is 53.4 Å². The molecule has 3 atom stereocenters. The average Bonchev–Trinajstić information content (AvgIpc) is 2.98. The minimum Gasteiger partial charge on any atom is -0.497 e. The van der Waals surface area contributed by atoms with Crippen molar-refractivity contribution >= 4 is 17.0 Å². The second-order valence-electron chi connectivity index (χ2n) is 8.18. The third kappa shape index (κ3) is 4.28. The van der Waals surface area contributed by atoms with E-state index in [-0.39, 0.29) is 18.6 Å². The van der Waals surface area contributed by atoms with Crippen LogP contribution in [0.5, 0.6) is 5.75 Å². The number of hydrogen-bond acceptors (Lipinski definition) is 4. The molecule has 0 radical (unpaired) electrons. The number of carbonyl (C=O) groups excluding carboxylic acids is 1. The Kier molecular flexibility index (Phi) is 6.08. The van der Waals surface area contributed by atoms with Crippen molar-refractivity contribution in [1.29, 1.82) is 0 Å².